The van der Waals surface area contributed by atoms with E-state index in [2.05, 4.69) is 9.80 Å². The SMILES string of the molecule is COc1cccc(N2CCC(O)(CN3CCN(S(C)(=O)=O)C[C@H](C(=O)N(C)C)C3)CC2)c1. The van der Waals surface area contributed by atoms with Crippen molar-refractivity contribution in [2.24, 2.45) is 5.92 Å². The predicted octanol–water partition coefficient (Wildman–Crippen LogP) is 0.308. The normalized spacial score (nSPS) is 22.9. The first kappa shape index (κ1) is 24.8. The van der Waals surface area contributed by atoms with E-state index >= 15 is 0 Å². The molecule has 10 heteroatoms. The number of piperidine rings is 1. The standard InChI is InChI=1S/C22H36N4O5S/c1-23(2)21(27)18-15-24(12-13-26(16-18)32(4,29)30)17-22(28)8-10-25(11-9-22)19-6-5-7-20(14-19)31-3/h5-7,14,18,28H,8-13,15-17H2,1-4H3/t18-/m1/s1. The van der Waals surface area contributed by atoms with Gasteiger partial charge in [0.15, 0.2) is 0 Å². The largest absolute Gasteiger partial charge is 0.497 e. The number of rotatable bonds is 6. The Bertz CT molecular complexity index is 899. The summed E-state index contributed by atoms with van der Waals surface area (Å²) >= 11 is 0. The highest BCUT2D eigenvalue weighted by molar-refractivity contribution is 7.88. The van der Waals surface area contributed by atoms with Crippen LogP contribution in [0.5, 0.6) is 5.75 Å². The molecule has 0 saturated carbocycles. The number of amides is 1. The second-order valence-corrected chi connectivity index (χ2v) is 11.2. The molecule has 1 N–H and O–H groups in total. The highest BCUT2D eigenvalue weighted by atomic mass is 32.2. The van der Waals surface area contributed by atoms with Crippen LogP contribution in [0.15, 0.2) is 24.3 Å². The first-order valence-corrected chi connectivity index (χ1v) is 12.9. The van der Waals surface area contributed by atoms with Gasteiger partial charge in [0.25, 0.3) is 0 Å². The van der Waals surface area contributed by atoms with Crippen molar-refractivity contribution in [1.82, 2.24) is 14.1 Å². The second kappa shape index (κ2) is 9.94. The Morgan fingerprint density at radius 3 is 2.47 bits per heavy atom. The molecule has 2 aliphatic heterocycles. The topological polar surface area (TPSA) is 93.6 Å². The molecule has 0 bridgehead atoms. The molecule has 2 heterocycles. The van der Waals surface area contributed by atoms with E-state index in [1.54, 1.807) is 21.2 Å². The van der Waals surface area contributed by atoms with Gasteiger partial charge in [0, 0.05) is 71.7 Å². The van der Waals surface area contributed by atoms with Gasteiger partial charge in [0.05, 0.1) is 24.9 Å². The van der Waals surface area contributed by atoms with Crippen LogP contribution in [-0.4, -0.2) is 112 Å². The molecule has 0 spiro atoms. The molecule has 2 fully saturated rings. The van der Waals surface area contributed by atoms with E-state index in [-0.39, 0.29) is 12.5 Å². The highest BCUT2D eigenvalue weighted by Crippen LogP contribution is 2.29. The highest BCUT2D eigenvalue weighted by Gasteiger charge is 2.38. The summed E-state index contributed by atoms with van der Waals surface area (Å²) in [5, 5.41) is 11.3. The first-order chi connectivity index (χ1) is 15.0. The molecule has 1 aromatic rings. The predicted molar refractivity (Wildman–Crippen MR) is 124 cm³/mol. The summed E-state index contributed by atoms with van der Waals surface area (Å²) in [7, 11) is 1.62. The lowest BCUT2D eigenvalue weighted by Gasteiger charge is -2.42. The molecular formula is C22H36N4O5S. The monoisotopic (exact) mass is 468 g/mol. The van der Waals surface area contributed by atoms with Crippen molar-refractivity contribution in [3.05, 3.63) is 24.3 Å². The molecule has 9 nitrogen and oxygen atoms in total. The van der Waals surface area contributed by atoms with Crippen LogP contribution in [0.4, 0.5) is 5.69 Å². The summed E-state index contributed by atoms with van der Waals surface area (Å²) in [5.74, 6) is 0.257. The van der Waals surface area contributed by atoms with Gasteiger partial charge < -0.3 is 19.6 Å². The number of anilines is 1. The van der Waals surface area contributed by atoms with Gasteiger partial charge in [-0.2, -0.15) is 0 Å². The number of aliphatic hydroxyl groups is 1. The molecule has 0 radical (unpaired) electrons. The van der Waals surface area contributed by atoms with Crippen LogP contribution < -0.4 is 9.64 Å². The zero-order valence-corrected chi connectivity index (χ0v) is 20.3. The minimum absolute atomic E-state index is 0.0922. The number of ether oxygens (including phenoxy) is 1. The van der Waals surface area contributed by atoms with Crippen molar-refractivity contribution in [2.45, 2.75) is 18.4 Å². The summed E-state index contributed by atoms with van der Waals surface area (Å²) in [5.41, 5.74) is 0.197. The fourth-order valence-electron chi connectivity index (χ4n) is 4.58. The number of carbonyl (C=O) groups excluding carboxylic acids is 1. The lowest BCUT2D eigenvalue weighted by molar-refractivity contribution is -0.133. The Labute approximate surface area is 191 Å². The Morgan fingerprint density at radius 1 is 1.19 bits per heavy atom. The van der Waals surface area contributed by atoms with Crippen molar-refractivity contribution in [3.8, 4) is 5.75 Å². The molecule has 180 valence electrons. The maximum atomic E-state index is 12.7. The molecule has 1 amide bonds. The molecule has 1 atom stereocenters. The quantitative estimate of drug-likeness (QED) is 0.642. The smallest absolute Gasteiger partial charge is 0.227 e. The van der Waals surface area contributed by atoms with Crippen LogP contribution in [0.25, 0.3) is 0 Å². The van der Waals surface area contributed by atoms with Gasteiger partial charge in [-0.05, 0) is 25.0 Å². The lowest BCUT2D eigenvalue weighted by Crippen LogP contribution is -2.52. The third-order valence-electron chi connectivity index (χ3n) is 6.46. The zero-order valence-electron chi connectivity index (χ0n) is 19.5. The van der Waals surface area contributed by atoms with E-state index in [1.807, 2.05) is 24.3 Å². The summed E-state index contributed by atoms with van der Waals surface area (Å²) in [6.45, 7) is 3.28. The summed E-state index contributed by atoms with van der Waals surface area (Å²) in [6.07, 6.45) is 2.38. The fourth-order valence-corrected chi connectivity index (χ4v) is 5.44. The molecular weight excluding hydrogens is 432 g/mol. The number of β-amino-alcohol motifs (C(OH)–C–C–N with tert-alkyl or cyclic N) is 1. The Hall–Kier alpha value is -1.88. The molecule has 32 heavy (non-hydrogen) atoms. The molecule has 0 unspecified atom stereocenters. The van der Waals surface area contributed by atoms with Crippen molar-refractivity contribution in [2.75, 3.05) is 78.2 Å². The van der Waals surface area contributed by atoms with E-state index in [0.29, 0.717) is 52.1 Å². The molecule has 2 saturated heterocycles. The van der Waals surface area contributed by atoms with E-state index in [1.165, 1.54) is 15.5 Å². The van der Waals surface area contributed by atoms with Crippen LogP contribution in [0, 0.1) is 5.92 Å². The van der Waals surface area contributed by atoms with Gasteiger partial charge >= 0.3 is 0 Å². The molecule has 1 aromatic carbocycles. The number of carbonyl (C=O) groups is 1. The number of sulfonamides is 1. The average Bonchev–Trinajstić information content (AvgIpc) is 2.96. The van der Waals surface area contributed by atoms with Crippen LogP contribution in [-0.2, 0) is 14.8 Å². The van der Waals surface area contributed by atoms with Gasteiger partial charge in [-0.1, -0.05) is 6.07 Å². The van der Waals surface area contributed by atoms with Gasteiger partial charge in [-0.25, -0.2) is 12.7 Å². The van der Waals surface area contributed by atoms with Crippen LogP contribution in [0.2, 0.25) is 0 Å². The van der Waals surface area contributed by atoms with Crippen LogP contribution >= 0.6 is 0 Å². The van der Waals surface area contributed by atoms with Crippen molar-refractivity contribution < 1.29 is 23.1 Å². The third-order valence-corrected chi connectivity index (χ3v) is 7.73. The van der Waals surface area contributed by atoms with Crippen molar-refractivity contribution >= 4 is 21.6 Å². The maximum absolute atomic E-state index is 12.7. The van der Waals surface area contributed by atoms with Crippen LogP contribution in [0.3, 0.4) is 0 Å². The molecule has 3 rings (SSSR count). The summed E-state index contributed by atoms with van der Waals surface area (Å²) in [6, 6.07) is 7.91. The van der Waals surface area contributed by atoms with Crippen molar-refractivity contribution in [3.63, 3.8) is 0 Å². The summed E-state index contributed by atoms with van der Waals surface area (Å²) in [4.78, 5) is 18.5. The Kier molecular flexibility index (Phi) is 7.69. The van der Waals surface area contributed by atoms with Gasteiger partial charge in [-0.3, -0.25) is 9.69 Å². The van der Waals surface area contributed by atoms with E-state index in [0.717, 1.165) is 11.4 Å². The Balaban J connectivity index is 1.66. The van der Waals surface area contributed by atoms with E-state index in [9.17, 15) is 18.3 Å². The zero-order chi connectivity index (χ0) is 23.5. The van der Waals surface area contributed by atoms with Crippen molar-refractivity contribution in [1.29, 1.82) is 0 Å². The molecule has 2 aliphatic rings. The second-order valence-electron chi connectivity index (χ2n) is 9.20. The third kappa shape index (κ3) is 6.12. The molecule has 0 aliphatic carbocycles. The number of hydrogen-bond acceptors (Lipinski definition) is 7. The number of benzene rings is 1. The van der Waals surface area contributed by atoms with E-state index in [4.69, 9.17) is 4.74 Å². The van der Waals surface area contributed by atoms with Gasteiger partial charge in [0.2, 0.25) is 15.9 Å². The minimum Gasteiger partial charge on any atom is -0.497 e. The minimum atomic E-state index is -3.40. The number of methoxy groups -OCH3 is 1. The maximum Gasteiger partial charge on any atom is 0.227 e. The average molecular weight is 469 g/mol. The van der Waals surface area contributed by atoms with Crippen LogP contribution in [0.1, 0.15) is 12.8 Å². The van der Waals surface area contributed by atoms with Gasteiger partial charge in [0.1, 0.15) is 5.75 Å². The molecule has 0 aromatic heterocycles. The Morgan fingerprint density at radius 2 is 1.88 bits per heavy atom. The number of nitrogens with zero attached hydrogens (tertiary/aromatic N) is 4. The van der Waals surface area contributed by atoms with Gasteiger partial charge in [-0.15, -0.1) is 0 Å². The van der Waals surface area contributed by atoms with E-state index < -0.39 is 21.5 Å². The first-order valence-electron chi connectivity index (χ1n) is 11.0. The fraction of sp³-hybridized carbons (Fsp3) is 0.682. The number of hydrogen-bond donors (Lipinski definition) is 1. The lowest BCUT2D eigenvalue weighted by atomic mass is 9.90. The summed E-state index contributed by atoms with van der Waals surface area (Å²) < 4.78 is 31.0.